The Morgan fingerprint density at radius 1 is 1.00 bits per heavy atom. The second-order valence-corrected chi connectivity index (χ2v) is 8.74. The monoisotopic (exact) mass is 403 g/mol. The number of fused-ring (bicyclic) bond motifs is 1. The molecule has 0 bridgehead atoms. The van der Waals surface area contributed by atoms with E-state index in [0.717, 1.165) is 6.07 Å². The van der Waals surface area contributed by atoms with Crippen LogP contribution in [0.3, 0.4) is 0 Å². The average molecular weight is 403 g/mol. The Kier molecular flexibility index (Phi) is 4.60. The zero-order chi connectivity index (χ0) is 20.9. The normalized spacial score (nSPS) is 14.3. The lowest BCUT2D eigenvalue weighted by atomic mass is 9.86. The molecule has 0 saturated heterocycles. The number of imide groups is 1. The van der Waals surface area contributed by atoms with Gasteiger partial charge in [-0.15, -0.1) is 9.35 Å². The Bertz CT molecular complexity index is 1080. The summed E-state index contributed by atoms with van der Waals surface area (Å²) in [5.41, 5.74) is -0.322. The van der Waals surface area contributed by atoms with Crippen molar-refractivity contribution in [2.24, 2.45) is 0 Å². The number of hydrogen-bond donors (Lipinski definition) is 1. The molecule has 1 aliphatic rings. The molecule has 9 heteroatoms. The van der Waals surface area contributed by atoms with Gasteiger partial charge in [0, 0.05) is 0 Å². The Labute approximate surface area is 161 Å². The molecule has 1 heterocycles. The molecule has 0 unspecified atom stereocenters. The van der Waals surface area contributed by atoms with Crippen LogP contribution in [0.1, 0.15) is 57.4 Å². The molecule has 0 aliphatic carbocycles. The number of aromatic carboxylic acids is 1. The van der Waals surface area contributed by atoms with E-state index in [9.17, 15) is 27.9 Å². The van der Waals surface area contributed by atoms with Crippen molar-refractivity contribution >= 4 is 27.9 Å². The van der Waals surface area contributed by atoms with Crippen molar-refractivity contribution in [2.45, 2.75) is 31.1 Å². The van der Waals surface area contributed by atoms with Crippen molar-refractivity contribution in [3.8, 4) is 0 Å². The zero-order valence-electron chi connectivity index (χ0n) is 15.3. The number of carboxylic acids is 1. The fourth-order valence-electron chi connectivity index (χ4n) is 2.75. The summed E-state index contributed by atoms with van der Waals surface area (Å²) in [6, 6.07) is 9.58. The Morgan fingerprint density at radius 2 is 1.54 bits per heavy atom. The summed E-state index contributed by atoms with van der Waals surface area (Å²) in [6.45, 7) is 5.53. The highest BCUT2D eigenvalue weighted by molar-refractivity contribution is 7.86. The minimum Gasteiger partial charge on any atom is -0.478 e. The summed E-state index contributed by atoms with van der Waals surface area (Å²) in [5.74, 6) is -3.35. The van der Waals surface area contributed by atoms with Crippen LogP contribution in [0.2, 0.25) is 0 Å². The largest absolute Gasteiger partial charge is 0.478 e. The van der Waals surface area contributed by atoms with Gasteiger partial charge in [0.1, 0.15) is 4.90 Å². The van der Waals surface area contributed by atoms with Gasteiger partial charge in [0.15, 0.2) is 0 Å². The second-order valence-electron chi connectivity index (χ2n) is 7.25. The van der Waals surface area contributed by atoms with Crippen LogP contribution in [0.15, 0.2) is 47.4 Å². The molecule has 0 fully saturated rings. The summed E-state index contributed by atoms with van der Waals surface area (Å²) in [4.78, 5) is 35.6. The number of carbonyl (C=O) groups is 3. The van der Waals surface area contributed by atoms with E-state index < -0.39 is 43.8 Å². The van der Waals surface area contributed by atoms with Crippen molar-refractivity contribution in [1.29, 1.82) is 0 Å². The third-order valence-electron chi connectivity index (χ3n) is 4.27. The Balaban J connectivity index is 2.02. The molecular formula is C19H17NO7S. The smallest absolute Gasteiger partial charge is 0.337 e. The molecule has 1 aliphatic heterocycles. The first kappa shape index (κ1) is 19.7. The average Bonchev–Trinajstić information content (AvgIpc) is 2.85. The highest BCUT2D eigenvalue weighted by Gasteiger charge is 2.40. The number of benzene rings is 2. The maximum atomic E-state index is 12.7. The number of rotatable bonds is 4. The number of carbonyl (C=O) groups excluding carboxylic acids is 2. The van der Waals surface area contributed by atoms with Gasteiger partial charge in [-0.25, -0.2) is 4.79 Å². The van der Waals surface area contributed by atoms with Crippen molar-refractivity contribution in [2.75, 3.05) is 0 Å². The first-order chi connectivity index (χ1) is 12.9. The van der Waals surface area contributed by atoms with E-state index in [1.807, 2.05) is 20.8 Å². The van der Waals surface area contributed by atoms with Gasteiger partial charge < -0.3 is 5.11 Å². The fourth-order valence-corrected chi connectivity index (χ4v) is 3.82. The van der Waals surface area contributed by atoms with E-state index in [1.165, 1.54) is 36.4 Å². The van der Waals surface area contributed by atoms with Crippen LogP contribution in [-0.2, 0) is 19.8 Å². The number of carboxylic acid groups (broad SMARTS) is 1. The number of hydrogen-bond acceptors (Lipinski definition) is 6. The van der Waals surface area contributed by atoms with Crippen molar-refractivity contribution in [3.63, 3.8) is 0 Å². The maximum Gasteiger partial charge on any atom is 0.337 e. The van der Waals surface area contributed by atoms with Gasteiger partial charge in [-0.1, -0.05) is 39.0 Å². The van der Waals surface area contributed by atoms with E-state index in [2.05, 4.69) is 0 Å². The lowest BCUT2D eigenvalue weighted by Gasteiger charge is -2.21. The Hall–Kier alpha value is -3.04. The van der Waals surface area contributed by atoms with Crippen LogP contribution in [0.5, 0.6) is 0 Å². The standard InChI is InChI=1S/C19H17NO7S/c1-19(2,3)11-8-9-15(14(10-11)18(23)24)28(25,26)27-20-16(21)12-6-4-5-7-13(12)17(20)22/h4-10H,1-3H3,(H,23,24). The minimum absolute atomic E-state index is 0.00392. The first-order valence-corrected chi connectivity index (χ1v) is 9.64. The molecule has 2 aromatic rings. The highest BCUT2D eigenvalue weighted by atomic mass is 32.2. The van der Waals surface area contributed by atoms with Gasteiger partial charge in [-0.3, -0.25) is 9.59 Å². The van der Waals surface area contributed by atoms with Crippen LogP contribution >= 0.6 is 0 Å². The van der Waals surface area contributed by atoms with Gasteiger partial charge in [-0.2, -0.15) is 8.42 Å². The van der Waals surface area contributed by atoms with Gasteiger partial charge in [0.2, 0.25) is 0 Å². The molecule has 0 saturated carbocycles. The van der Waals surface area contributed by atoms with Crippen molar-refractivity contribution in [3.05, 3.63) is 64.7 Å². The molecule has 0 atom stereocenters. The number of nitrogens with zero attached hydrogens (tertiary/aromatic N) is 1. The molecule has 3 rings (SSSR count). The molecule has 2 aromatic carbocycles. The number of amides is 2. The van der Waals surface area contributed by atoms with Crippen LogP contribution in [-0.4, -0.2) is 36.4 Å². The third kappa shape index (κ3) is 3.30. The lowest BCUT2D eigenvalue weighted by molar-refractivity contribution is -0.0104. The quantitative estimate of drug-likeness (QED) is 0.780. The van der Waals surface area contributed by atoms with Crippen molar-refractivity contribution < 1.29 is 32.2 Å². The van der Waals surface area contributed by atoms with Crippen LogP contribution < -0.4 is 0 Å². The molecular weight excluding hydrogens is 386 g/mol. The van der Waals surface area contributed by atoms with E-state index >= 15 is 0 Å². The zero-order valence-corrected chi connectivity index (χ0v) is 16.1. The molecule has 1 N–H and O–H groups in total. The minimum atomic E-state index is -4.76. The first-order valence-electron chi connectivity index (χ1n) is 8.24. The third-order valence-corrected chi connectivity index (χ3v) is 5.51. The molecule has 0 spiro atoms. The van der Waals surface area contributed by atoms with Crippen LogP contribution in [0, 0.1) is 0 Å². The fraction of sp³-hybridized carbons (Fsp3) is 0.211. The van der Waals surface area contributed by atoms with Gasteiger partial charge in [-0.05, 0) is 35.2 Å². The number of hydroxylamine groups is 2. The molecule has 2 amide bonds. The predicted octanol–water partition coefficient (Wildman–Crippen LogP) is 2.60. The summed E-state index contributed by atoms with van der Waals surface area (Å²) in [7, 11) is -4.76. The van der Waals surface area contributed by atoms with Gasteiger partial charge >= 0.3 is 16.1 Å². The molecule has 28 heavy (non-hydrogen) atoms. The van der Waals surface area contributed by atoms with Crippen LogP contribution in [0.4, 0.5) is 0 Å². The lowest BCUT2D eigenvalue weighted by Crippen LogP contribution is -2.33. The van der Waals surface area contributed by atoms with Gasteiger partial charge in [0.05, 0.1) is 16.7 Å². The van der Waals surface area contributed by atoms with Crippen LogP contribution in [0.25, 0.3) is 0 Å². The van der Waals surface area contributed by atoms with E-state index in [-0.39, 0.29) is 16.2 Å². The SMILES string of the molecule is CC(C)(C)c1ccc(S(=O)(=O)ON2C(=O)c3ccccc3C2=O)c(C(=O)O)c1. The highest BCUT2D eigenvalue weighted by Crippen LogP contribution is 2.30. The Morgan fingerprint density at radius 3 is 2.00 bits per heavy atom. The second kappa shape index (κ2) is 6.54. The van der Waals surface area contributed by atoms with Gasteiger partial charge in [0.25, 0.3) is 11.8 Å². The van der Waals surface area contributed by atoms with E-state index in [0.29, 0.717) is 5.56 Å². The summed E-state index contributed by atoms with van der Waals surface area (Å²) >= 11 is 0. The summed E-state index contributed by atoms with van der Waals surface area (Å²) in [6.07, 6.45) is 0. The molecule has 0 aromatic heterocycles. The topological polar surface area (TPSA) is 118 Å². The van der Waals surface area contributed by atoms with E-state index in [1.54, 1.807) is 0 Å². The van der Waals surface area contributed by atoms with Crippen molar-refractivity contribution in [1.82, 2.24) is 5.06 Å². The molecule has 8 nitrogen and oxygen atoms in total. The predicted molar refractivity (Wildman–Crippen MR) is 97.3 cm³/mol. The summed E-state index contributed by atoms with van der Waals surface area (Å²) in [5, 5.41) is 9.59. The maximum absolute atomic E-state index is 12.7. The molecule has 146 valence electrons. The molecule has 0 radical (unpaired) electrons. The summed E-state index contributed by atoms with van der Waals surface area (Å²) < 4.78 is 30.1. The van der Waals surface area contributed by atoms with E-state index in [4.69, 9.17) is 4.28 Å².